The number of aromatic nitrogens is 1. The lowest BCUT2D eigenvalue weighted by molar-refractivity contribution is -0.140. The summed E-state index contributed by atoms with van der Waals surface area (Å²) in [5.41, 5.74) is 6.37. The fourth-order valence-electron chi connectivity index (χ4n) is 1.12. The number of carbonyl (C=O) groups excluding carboxylic acids is 2. The Morgan fingerprint density at radius 3 is 2.67 bits per heavy atom. The Morgan fingerprint density at radius 2 is 2.06 bits per heavy atom. The quantitative estimate of drug-likeness (QED) is 0.632. The smallest absolute Gasteiger partial charge is 0.356 e. The van der Waals surface area contributed by atoms with Crippen molar-refractivity contribution in [2.24, 2.45) is 0 Å². The second kappa shape index (κ2) is 6.85. The van der Waals surface area contributed by atoms with Gasteiger partial charge in [-0.25, -0.2) is 9.78 Å². The second-order valence-electron chi connectivity index (χ2n) is 3.26. The summed E-state index contributed by atoms with van der Waals surface area (Å²) in [6, 6.07) is 3.07. The van der Waals surface area contributed by atoms with Crippen molar-refractivity contribution >= 4 is 29.4 Å². The van der Waals surface area contributed by atoms with Crippen LogP contribution in [0.4, 0.5) is 5.69 Å². The first-order chi connectivity index (χ1) is 8.58. The Hall–Kier alpha value is -1.76. The van der Waals surface area contributed by atoms with Crippen LogP contribution in [0, 0.1) is 0 Å². The predicted molar refractivity (Wildman–Crippen MR) is 67.3 cm³/mol. The number of anilines is 1. The number of methoxy groups -OCH3 is 2. The molecular formula is C11H14N2O4S. The highest BCUT2D eigenvalue weighted by molar-refractivity contribution is 7.99. The summed E-state index contributed by atoms with van der Waals surface area (Å²) in [5, 5.41) is 0.502. The van der Waals surface area contributed by atoms with Crippen LogP contribution in [0.3, 0.4) is 0 Å². The molecule has 2 N–H and O–H groups in total. The standard InChI is InChI=1S/C11H14N2O4S/c1-16-9(14)5-6-18-10-7(12)3-4-8(13-10)11(15)17-2/h3-4H,5-6,12H2,1-2H3. The van der Waals surface area contributed by atoms with Crippen molar-refractivity contribution in [3.05, 3.63) is 17.8 Å². The van der Waals surface area contributed by atoms with Crippen LogP contribution in [0.25, 0.3) is 0 Å². The number of esters is 2. The molecule has 0 aliphatic carbocycles. The van der Waals surface area contributed by atoms with Gasteiger partial charge in [-0.1, -0.05) is 0 Å². The van der Waals surface area contributed by atoms with Gasteiger partial charge in [-0.3, -0.25) is 4.79 Å². The van der Waals surface area contributed by atoms with Crippen LogP contribution in [0.2, 0.25) is 0 Å². The molecule has 0 saturated carbocycles. The van der Waals surface area contributed by atoms with E-state index in [1.807, 2.05) is 0 Å². The predicted octanol–water partition coefficient (Wildman–Crippen LogP) is 1.11. The minimum absolute atomic E-state index is 0.187. The van der Waals surface area contributed by atoms with E-state index in [-0.39, 0.29) is 18.1 Å². The first-order valence-electron chi connectivity index (χ1n) is 5.13. The molecule has 18 heavy (non-hydrogen) atoms. The van der Waals surface area contributed by atoms with Gasteiger partial charge in [0.1, 0.15) is 10.7 Å². The van der Waals surface area contributed by atoms with Crippen LogP contribution in [-0.4, -0.2) is 36.9 Å². The lowest BCUT2D eigenvalue weighted by atomic mass is 10.3. The maximum atomic E-state index is 11.3. The summed E-state index contributed by atoms with van der Waals surface area (Å²) < 4.78 is 9.09. The molecule has 98 valence electrons. The van der Waals surface area contributed by atoms with E-state index in [2.05, 4.69) is 14.5 Å². The Balaban J connectivity index is 2.69. The molecule has 0 aromatic carbocycles. The number of nitrogens with two attached hydrogens (primary N) is 1. The minimum Gasteiger partial charge on any atom is -0.469 e. The van der Waals surface area contributed by atoms with Gasteiger partial charge in [-0.05, 0) is 12.1 Å². The van der Waals surface area contributed by atoms with Crippen molar-refractivity contribution in [3.8, 4) is 0 Å². The number of pyridine rings is 1. The zero-order valence-corrected chi connectivity index (χ0v) is 11.0. The maximum absolute atomic E-state index is 11.3. The summed E-state index contributed by atoms with van der Waals surface area (Å²) in [6.07, 6.45) is 0.255. The van der Waals surface area contributed by atoms with Gasteiger partial charge in [0.25, 0.3) is 0 Å². The number of thioether (sulfide) groups is 1. The minimum atomic E-state index is -0.523. The summed E-state index contributed by atoms with van der Waals surface area (Å²) in [5.74, 6) is -0.343. The summed E-state index contributed by atoms with van der Waals surface area (Å²) in [4.78, 5) is 26.3. The van der Waals surface area contributed by atoms with E-state index in [0.717, 1.165) is 0 Å². The highest BCUT2D eigenvalue weighted by atomic mass is 32.2. The van der Waals surface area contributed by atoms with Gasteiger partial charge >= 0.3 is 11.9 Å². The molecule has 0 radical (unpaired) electrons. The van der Waals surface area contributed by atoms with Crippen LogP contribution in [0.15, 0.2) is 17.2 Å². The van der Waals surface area contributed by atoms with Crippen molar-refractivity contribution in [1.29, 1.82) is 0 Å². The Morgan fingerprint density at radius 1 is 1.33 bits per heavy atom. The summed E-state index contributed by atoms with van der Waals surface area (Å²) >= 11 is 1.29. The molecule has 0 aliphatic rings. The average molecular weight is 270 g/mol. The first-order valence-corrected chi connectivity index (χ1v) is 6.11. The molecule has 0 unspecified atom stereocenters. The fraction of sp³-hybridized carbons (Fsp3) is 0.364. The van der Waals surface area contributed by atoms with Crippen LogP contribution in [0.5, 0.6) is 0 Å². The number of nitrogen functional groups attached to an aromatic ring is 1. The molecule has 0 fully saturated rings. The molecule has 0 atom stereocenters. The van der Waals surface area contributed by atoms with Crippen LogP contribution >= 0.6 is 11.8 Å². The monoisotopic (exact) mass is 270 g/mol. The molecule has 0 aliphatic heterocycles. The van der Waals surface area contributed by atoms with E-state index >= 15 is 0 Å². The van der Waals surface area contributed by atoms with Crippen LogP contribution in [-0.2, 0) is 14.3 Å². The van der Waals surface area contributed by atoms with E-state index < -0.39 is 5.97 Å². The molecule has 1 rings (SSSR count). The molecule has 1 aromatic rings. The molecule has 0 spiro atoms. The summed E-state index contributed by atoms with van der Waals surface area (Å²) in [7, 11) is 2.61. The van der Waals surface area contributed by atoms with E-state index in [9.17, 15) is 9.59 Å². The Bertz CT molecular complexity index is 451. The maximum Gasteiger partial charge on any atom is 0.356 e. The zero-order valence-electron chi connectivity index (χ0n) is 10.1. The van der Waals surface area contributed by atoms with E-state index in [1.54, 1.807) is 6.07 Å². The van der Waals surface area contributed by atoms with E-state index in [1.165, 1.54) is 32.0 Å². The highest BCUT2D eigenvalue weighted by Crippen LogP contribution is 2.23. The molecule has 7 heteroatoms. The van der Waals surface area contributed by atoms with Gasteiger partial charge in [0.2, 0.25) is 0 Å². The number of ether oxygens (including phenoxy) is 2. The molecule has 1 heterocycles. The topological polar surface area (TPSA) is 91.5 Å². The largest absolute Gasteiger partial charge is 0.469 e. The highest BCUT2D eigenvalue weighted by Gasteiger charge is 2.11. The Labute approximate surface area is 109 Å². The number of hydrogen-bond donors (Lipinski definition) is 1. The van der Waals surface area contributed by atoms with E-state index in [0.29, 0.717) is 16.5 Å². The van der Waals surface area contributed by atoms with Crippen molar-refractivity contribution in [3.63, 3.8) is 0 Å². The van der Waals surface area contributed by atoms with Gasteiger partial charge in [0.15, 0.2) is 0 Å². The Kier molecular flexibility index (Phi) is 5.44. The molecule has 0 saturated heterocycles. The van der Waals surface area contributed by atoms with Gasteiger partial charge in [0, 0.05) is 5.75 Å². The SMILES string of the molecule is COC(=O)CCSc1nc(C(=O)OC)ccc1N. The summed E-state index contributed by atoms with van der Waals surface area (Å²) in [6.45, 7) is 0. The van der Waals surface area contributed by atoms with Gasteiger partial charge in [-0.15, -0.1) is 11.8 Å². The van der Waals surface area contributed by atoms with Gasteiger partial charge in [-0.2, -0.15) is 0 Å². The van der Waals surface area contributed by atoms with Crippen molar-refractivity contribution in [2.75, 3.05) is 25.7 Å². The van der Waals surface area contributed by atoms with Crippen LogP contribution in [0.1, 0.15) is 16.9 Å². The molecule has 6 nitrogen and oxygen atoms in total. The number of hydrogen-bond acceptors (Lipinski definition) is 7. The lowest BCUT2D eigenvalue weighted by Crippen LogP contribution is -2.06. The van der Waals surface area contributed by atoms with Crippen molar-refractivity contribution in [2.45, 2.75) is 11.4 Å². The van der Waals surface area contributed by atoms with Gasteiger partial charge < -0.3 is 15.2 Å². The lowest BCUT2D eigenvalue weighted by Gasteiger charge is -2.06. The average Bonchev–Trinajstić information content (AvgIpc) is 2.39. The van der Waals surface area contributed by atoms with Crippen molar-refractivity contribution < 1.29 is 19.1 Å². The molecule has 1 aromatic heterocycles. The number of nitrogens with zero attached hydrogens (tertiary/aromatic N) is 1. The number of carbonyl (C=O) groups is 2. The molecule has 0 bridgehead atoms. The van der Waals surface area contributed by atoms with E-state index in [4.69, 9.17) is 5.73 Å². The zero-order chi connectivity index (χ0) is 13.5. The molecular weight excluding hydrogens is 256 g/mol. The molecule has 0 amide bonds. The van der Waals surface area contributed by atoms with Gasteiger partial charge in [0.05, 0.1) is 26.3 Å². The third-order valence-electron chi connectivity index (χ3n) is 2.06. The third kappa shape index (κ3) is 3.92. The normalized spacial score (nSPS) is 9.89. The fourth-order valence-corrected chi connectivity index (χ4v) is 1.98. The third-order valence-corrected chi connectivity index (χ3v) is 3.07. The number of rotatable bonds is 5. The van der Waals surface area contributed by atoms with Crippen molar-refractivity contribution in [1.82, 2.24) is 4.98 Å². The van der Waals surface area contributed by atoms with Crippen LogP contribution < -0.4 is 5.73 Å². The second-order valence-corrected chi connectivity index (χ2v) is 4.34. The first kappa shape index (κ1) is 14.3.